The topological polar surface area (TPSA) is 77.8 Å². The molecule has 0 atom stereocenters. The van der Waals surface area contributed by atoms with Gasteiger partial charge in [0.15, 0.2) is 0 Å². The van der Waals surface area contributed by atoms with Crippen molar-refractivity contribution < 1.29 is 8.42 Å². The smallest absolute Gasteiger partial charge is 0.263 e. The number of aromatic amines is 2. The number of benzene rings is 1. The lowest BCUT2D eigenvalue weighted by Gasteiger charge is -2.09. The fourth-order valence-corrected chi connectivity index (χ4v) is 3.35. The van der Waals surface area contributed by atoms with E-state index in [4.69, 9.17) is 23.8 Å². The van der Waals surface area contributed by atoms with Gasteiger partial charge in [0.2, 0.25) is 0 Å². The predicted molar refractivity (Wildman–Crippen MR) is 85.7 cm³/mol. The molecule has 0 saturated carbocycles. The molecule has 0 aliphatic carbocycles. The number of anilines is 1. The van der Waals surface area contributed by atoms with Crippen LogP contribution in [0.3, 0.4) is 0 Å². The first-order chi connectivity index (χ1) is 9.97. The summed E-state index contributed by atoms with van der Waals surface area (Å²) in [6, 6.07) is 8.18. The standard InChI is InChI=1S/C13H10ClN3O2S2/c14-10-7-16-13-9(10)2-1-3-11(13)17-21(18,19)8-4-5-12(20)15-6-8/h1-7,16-17H,(H,15,20). The molecule has 0 bridgehead atoms. The van der Waals surface area contributed by atoms with Crippen LogP contribution in [-0.2, 0) is 10.0 Å². The summed E-state index contributed by atoms with van der Waals surface area (Å²) < 4.78 is 27.7. The van der Waals surface area contributed by atoms with Gasteiger partial charge in [0.25, 0.3) is 10.0 Å². The van der Waals surface area contributed by atoms with E-state index in [-0.39, 0.29) is 4.90 Å². The van der Waals surface area contributed by atoms with Crippen LogP contribution in [0.1, 0.15) is 0 Å². The Morgan fingerprint density at radius 1 is 1.10 bits per heavy atom. The molecule has 21 heavy (non-hydrogen) atoms. The van der Waals surface area contributed by atoms with E-state index >= 15 is 0 Å². The van der Waals surface area contributed by atoms with E-state index in [2.05, 4.69) is 14.7 Å². The van der Waals surface area contributed by atoms with E-state index in [1.165, 1.54) is 18.3 Å². The van der Waals surface area contributed by atoms with Crippen LogP contribution in [0.2, 0.25) is 5.02 Å². The number of aromatic nitrogens is 2. The highest BCUT2D eigenvalue weighted by Crippen LogP contribution is 2.29. The van der Waals surface area contributed by atoms with Gasteiger partial charge in [-0.3, -0.25) is 4.72 Å². The van der Waals surface area contributed by atoms with Gasteiger partial charge in [0.05, 0.1) is 16.2 Å². The van der Waals surface area contributed by atoms with Crippen LogP contribution in [0, 0.1) is 4.64 Å². The molecular formula is C13H10ClN3O2S2. The van der Waals surface area contributed by atoms with Gasteiger partial charge in [-0.2, -0.15) is 0 Å². The molecule has 0 amide bonds. The largest absolute Gasteiger partial charge is 0.358 e. The summed E-state index contributed by atoms with van der Waals surface area (Å²) >= 11 is 10.9. The van der Waals surface area contributed by atoms with Crippen LogP contribution in [0.5, 0.6) is 0 Å². The maximum atomic E-state index is 12.4. The van der Waals surface area contributed by atoms with Crippen molar-refractivity contribution in [3.8, 4) is 0 Å². The van der Waals surface area contributed by atoms with Crippen molar-refractivity contribution in [2.75, 3.05) is 4.72 Å². The fourth-order valence-electron chi connectivity index (χ4n) is 1.97. The van der Waals surface area contributed by atoms with Gasteiger partial charge in [-0.1, -0.05) is 36.0 Å². The Kier molecular flexibility index (Phi) is 3.48. The van der Waals surface area contributed by atoms with Crippen molar-refractivity contribution >= 4 is 50.4 Å². The average Bonchev–Trinajstić information content (AvgIpc) is 2.82. The molecule has 0 spiro atoms. The number of hydrogen-bond donors (Lipinski definition) is 3. The predicted octanol–water partition coefficient (Wildman–Crippen LogP) is 3.68. The summed E-state index contributed by atoms with van der Waals surface area (Å²) in [5.74, 6) is 0. The Morgan fingerprint density at radius 3 is 2.62 bits per heavy atom. The van der Waals surface area contributed by atoms with Gasteiger partial charge in [-0.15, -0.1) is 0 Å². The molecule has 0 aliphatic rings. The molecule has 0 fully saturated rings. The summed E-state index contributed by atoms with van der Waals surface area (Å²) in [5.41, 5.74) is 1.07. The maximum Gasteiger partial charge on any atom is 0.263 e. The van der Waals surface area contributed by atoms with E-state index in [9.17, 15) is 8.42 Å². The van der Waals surface area contributed by atoms with E-state index in [0.29, 0.717) is 20.9 Å². The summed E-state index contributed by atoms with van der Waals surface area (Å²) in [6.07, 6.45) is 2.97. The fraction of sp³-hybridized carbons (Fsp3) is 0. The molecule has 5 nitrogen and oxygen atoms in total. The highest BCUT2D eigenvalue weighted by molar-refractivity contribution is 7.92. The molecule has 0 radical (unpaired) electrons. The van der Waals surface area contributed by atoms with Crippen molar-refractivity contribution in [2.45, 2.75) is 4.90 Å². The normalized spacial score (nSPS) is 11.7. The third-order valence-corrected chi connectivity index (χ3v) is 4.91. The summed E-state index contributed by atoms with van der Waals surface area (Å²) in [4.78, 5) is 5.76. The summed E-state index contributed by atoms with van der Waals surface area (Å²) in [5, 5.41) is 1.29. The van der Waals surface area contributed by atoms with Gasteiger partial charge in [-0.25, -0.2) is 8.42 Å². The monoisotopic (exact) mass is 339 g/mol. The minimum atomic E-state index is -3.70. The maximum absolute atomic E-state index is 12.4. The van der Waals surface area contributed by atoms with Gasteiger partial charge >= 0.3 is 0 Å². The van der Waals surface area contributed by atoms with Crippen LogP contribution in [0.4, 0.5) is 5.69 Å². The third kappa shape index (κ3) is 2.67. The van der Waals surface area contributed by atoms with Crippen LogP contribution < -0.4 is 4.72 Å². The lowest BCUT2D eigenvalue weighted by Crippen LogP contribution is -2.13. The number of nitrogens with one attached hydrogen (secondary N) is 3. The number of halogens is 1. The van der Waals surface area contributed by atoms with E-state index in [1.54, 1.807) is 18.3 Å². The Hall–Kier alpha value is -1.83. The minimum absolute atomic E-state index is 0.103. The van der Waals surface area contributed by atoms with E-state index < -0.39 is 10.0 Å². The average molecular weight is 340 g/mol. The van der Waals surface area contributed by atoms with Gasteiger partial charge < -0.3 is 9.97 Å². The van der Waals surface area contributed by atoms with Crippen molar-refractivity contribution in [3.63, 3.8) is 0 Å². The molecule has 2 heterocycles. The van der Waals surface area contributed by atoms with Gasteiger partial charge in [-0.05, 0) is 18.2 Å². The van der Waals surface area contributed by atoms with Crippen LogP contribution in [0.25, 0.3) is 10.9 Å². The summed E-state index contributed by atoms with van der Waals surface area (Å²) in [7, 11) is -3.70. The van der Waals surface area contributed by atoms with Crippen LogP contribution >= 0.6 is 23.8 Å². The first-order valence-electron chi connectivity index (χ1n) is 5.94. The van der Waals surface area contributed by atoms with E-state index in [0.717, 1.165) is 5.39 Å². The number of fused-ring (bicyclic) bond motifs is 1. The molecule has 8 heteroatoms. The Labute approximate surface area is 131 Å². The van der Waals surface area contributed by atoms with Crippen LogP contribution in [0.15, 0.2) is 47.6 Å². The van der Waals surface area contributed by atoms with Gasteiger partial charge in [0.1, 0.15) is 9.54 Å². The van der Waals surface area contributed by atoms with Crippen molar-refractivity contribution in [2.24, 2.45) is 0 Å². The third-order valence-electron chi connectivity index (χ3n) is 2.98. The molecule has 3 aromatic rings. The number of rotatable bonds is 3. The molecule has 0 saturated heterocycles. The molecule has 0 aliphatic heterocycles. The molecule has 2 aromatic heterocycles. The summed E-state index contributed by atoms with van der Waals surface area (Å²) in [6.45, 7) is 0. The molecule has 1 aromatic carbocycles. The molecule has 0 unspecified atom stereocenters. The molecular weight excluding hydrogens is 330 g/mol. The second-order valence-corrected chi connectivity index (χ2v) is 6.89. The number of sulfonamides is 1. The lowest BCUT2D eigenvalue weighted by molar-refractivity contribution is 0.601. The Bertz CT molecular complexity index is 956. The minimum Gasteiger partial charge on any atom is -0.358 e. The quantitative estimate of drug-likeness (QED) is 0.637. The Balaban J connectivity index is 2.05. The highest BCUT2D eigenvalue weighted by atomic mass is 35.5. The van der Waals surface area contributed by atoms with E-state index in [1.807, 2.05) is 6.07 Å². The van der Waals surface area contributed by atoms with Crippen LogP contribution in [-0.4, -0.2) is 18.4 Å². The van der Waals surface area contributed by atoms with Crippen molar-refractivity contribution in [1.82, 2.24) is 9.97 Å². The Morgan fingerprint density at radius 2 is 1.90 bits per heavy atom. The number of pyridine rings is 1. The second-order valence-electron chi connectivity index (χ2n) is 4.36. The first-order valence-corrected chi connectivity index (χ1v) is 8.21. The number of H-pyrrole nitrogens is 2. The SMILES string of the molecule is O=S(=O)(Nc1cccc2c(Cl)c[nH]c12)c1ccc(=S)[nH]c1. The second kappa shape index (κ2) is 5.18. The number of hydrogen-bond acceptors (Lipinski definition) is 3. The zero-order valence-corrected chi connectivity index (χ0v) is 12.9. The van der Waals surface area contributed by atoms with Crippen molar-refractivity contribution in [3.05, 3.63) is 52.4 Å². The van der Waals surface area contributed by atoms with Crippen molar-refractivity contribution in [1.29, 1.82) is 0 Å². The zero-order chi connectivity index (χ0) is 15.0. The van der Waals surface area contributed by atoms with Gasteiger partial charge in [0, 0.05) is 17.8 Å². The zero-order valence-electron chi connectivity index (χ0n) is 10.6. The number of para-hydroxylation sites is 1. The first kappa shape index (κ1) is 14.1. The molecule has 108 valence electrons. The highest BCUT2D eigenvalue weighted by Gasteiger charge is 2.16. The molecule has 3 N–H and O–H groups in total. The lowest BCUT2D eigenvalue weighted by atomic mass is 10.2. The molecule has 3 rings (SSSR count).